The summed E-state index contributed by atoms with van der Waals surface area (Å²) in [6.45, 7) is 0.569. The van der Waals surface area contributed by atoms with Crippen LogP contribution >= 0.6 is 11.3 Å². The molecule has 9 heteroatoms. The van der Waals surface area contributed by atoms with Gasteiger partial charge in [0.1, 0.15) is 0 Å². The summed E-state index contributed by atoms with van der Waals surface area (Å²) in [4.78, 5) is 13.3. The number of fused-ring (bicyclic) bond motifs is 1. The van der Waals surface area contributed by atoms with Gasteiger partial charge in [0, 0.05) is 37.9 Å². The molecule has 1 aromatic carbocycles. The minimum Gasteiger partial charge on any atom is -0.395 e. The van der Waals surface area contributed by atoms with Gasteiger partial charge in [-0.1, -0.05) is 24.6 Å². The quantitative estimate of drug-likeness (QED) is 0.708. The van der Waals surface area contributed by atoms with Gasteiger partial charge in [-0.3, -0.25) is 4.79 Å². The van der Waals surface area contributed by atoms with Gasteiger partial charge in [-0.15, -0.1) is 11.3 Å². The van der Waals surface area contributed by atoms with Gasteiger partial charge in [0.25, 0.3) is 16.1 Å². The monoisotopic (exact) mass is 425 g/mol. The zero-order chi connectivity index (χ0) is 20.3. The molecule has 1 saturated heterocycles. The highest BCUT2D eigenvalue weighted by Crippen LogP contribution is 2.35. The van der Waals surface area contributed by atoms with Gasteiger partial charge >= 0.3 is 0 Å². The van der Waals surface area contributed by atoms with Crippen LogP contribution in [-0.4, -0.2) is 67.9 Å². The molecular formula is C19H27N3O4S2. The number of carbonyl (C=O) groups excluding carboxylic acids is 1. The van der Waals surface area contributed by atoms with Gasteiger partial charge in [-0.25, -0.2) is 0 Å². The van der Waals surface area contributed by atoms with Crippen molar-refractivity contribution in [2.45, 2.75) is 31.7 Å². The third kappa shape index (κ3) is 4.23. The molecular weight excluding hydrogens is 398 g/mol. The fourth-order valence-electron chi connectivity index (χ4n) is 3.66. The number of hydrogen-bond acceptors (Lipinski definition) is 5. The Balaban J connectivity index is 1.99. The van der Waals surface area contributed by atoms with Crippen LogP contribution in [0.1, 0.15) is 34.5 Å². The van der Waals surface area contributed by atoms with Crippen LogP contribution in [0.2, 0.25) is 0 Å². The number of benzene rings is 1. The molecule has 1 fully saturated rings. The largest absolute Gasteiger partial charge is 0.395 e. The van der Waals surface area contributed by atoms with Crippen LogP contribution in [0.4, 0.5) is 0 Å². The Labute approximate surface area is 170 Å². The molecule has 0 aliphatic carbocycles. The molecule has 1 aliphatic heterocycles. The summed E-state index contributed by atoms with van der Waals surface area (Å²) in [5.41, 5.74) is 0.891. The van der Waals surface area contributed by atoms with Crippen LogP contribution in [-0.2, 0) is 16.6 Å². The molecule has 2 heterocycles. The van der Waals surface area contributed by atoms with E-state index in [1.54, 1.807) is 18.4 Å². The molecule has 7 nitrogen and oxygen atoms in total. The molecule has 1 amide bonds. The minimum atomic E-state index is -3.52. The van der Waals surface area contributed by atoms with Crippen molar-refractivity contribution in [1.29, 1.82) is 0 Å². The molecule has 0 radical (unpaired) electrons. The van der Waals surface area contributed by atoms with Crippen LogP contribution < -0.4 is 5.32 Å². The molecule has 0 spiro atoms. The Hall–Kier alpha value is -1.52. The van der Waals surface area contributed by atoms with Gasteiger partial charge in [0.2, 0.25) is 0 Å². The Morgan fingerprint density at radius 2 is 2.07 bits per heavy atom. The fourth-order valence-corrected chi connectivity index (χ4v) is 6.15. The average molecular weight is 426 g/mol. The minimum absolute atomic E-state index is 0.122. The van der Waals surface area contributed by atoms with Crippen molar-refractivity contribution in [3.05, 3.63) is 34.7 Å². The van der Waals surface area contributed by atoms with E-state index in [-0.39, 0.29) is 25.1 Å². The third-order valence-electron chi connectivity index (χ3n) is 5.07. The van der Waals surface area contributed by atoms with E-state index in [0.717, 1.165) is 34.9 Å². The number of nitrogens with zero attached hydrogens (tertiary/aromatic N) is 2. The standard InChI is InChI=1S/C19H27N3O4S2/c1-21(2)28(25,26)22-11-6-5-7-14(22)13-16-15-8-3-4-9-17(15)27-18(16)19(24)20-10-12-23/h3-4,8-9,14,23H,5-7,10-13H2,1-2H3,(H,20,24)/t14-/m1/s1. The summed E-state index contributed by atoms with van der Waals surface area (Å²) >= 11 is 1.41. The van der Waals surface area contributed by atoms with E-state index in [0.29, 0.717) is 17.8 Å². The Morgan fingerprint density at radius 1 is 1.32 bits per heavy atom. The van der Waals surface area contributed by atoms with Crippen molar-refractivity contribution in [3.63, 3.8) is 0 Å². The number of aliphatic hydroxyl groups is 1. The molecule has 1 aromatic heterocycles. The van der Waals surface area contributed by atoms with Crippen LogP contribution in [0.5, 0.6) is 0 Å². The maximum absolute atomic E-state index is 12.8. The summed E-state index contributed by atoms with van der Waals surface area (Å²) in [6, 6.07) is 7.65. The van der Waals surface area contributed by atoms with Gasteiger partial charge in [0.15, 0.2) is 0 Å². The first-order valence-electron chi connectivity index (χ1n) is 9.45. The van der Waals surface area contributed by atoms with Crippen molar-refractivity contribution in [1.82, 2.24) is 13.9 Å². The van der Waals surface area contributed by atoms with Crippen molar-refractivity contribution in [2.75, 3.05) is 33.8 Å². The fraction of sp³-hybridized carbons (Fsp3) is 0.526. The molecule has 1 atom stereocenters. The number of piperidine rings is 1. The lowest BCUT2D eigenvalue weighted by Crippen LogP contribution is -2.49. The second kappa shape index (κ2) is 8.87. The SMILES string of the molecule is CN(C)S(=O)(=O)N1CCCC[C@@H]1Cc1c(C(=O)NCCO)sc2ccccc12. The molecule has 1 aliphatic rings. The van der Waals surface area contributed by atoms with Crippen LogP contribution in [0.15, 0.2) is 24.3 Å². The van der Waals surface area contributed by atoms with Crippen LogP contribution in [0.3, 0.4) is 0 Å². The lowest BCUT2D eigenvalue weighted by molar-refractivity contribution is 0.0947. The first-order chi connectivity index (χ1) is 13.4. The highest BCUT2D eigenvalue weighted by molar-refractivity contribution is 7.86. The molecule has 0 unspecified atom stereocenters. The van der Waals surface area contributed by atoms with E-state index in [2.05, 4.69) is 5.32 Å². The molecule has 28 heavy (non-hydrogen) atoms. The molecule has 0 saturated carbocycles. The van der Waals surface area contributed by atoms with Crippen molar-refractivity contribution in [2.24, 2.45) is 0 Å². The van der Waals surface area contributed by atoms with Crippen molar-refractivity contribution < 1.29 is 18.3 Å². The summed E-state index contributed by atoms with van der Waals surface area (Å²) < 4.78 is 29.4. The normalized spacial score (nSPS) is 18.6. The maximum Gasteiger partial charge on any atom is 0.281 e. The molecule has 3 rings (SSSR count). The van der Waals surface area contributed by atoms with Gasteiger partial charge < -0.3 is 10.4 Å². The predicted octanol–water partition coefficient (Wildman–Crippen LogP) is 1.83. The van der Waals surface area contributed by atoms with E-state index in [9.17, 15) is 13.2 Å². The zero-order valence-electron chi connectivity index (χ0n) is 16.2. The smallest absolute Gasteiger partial charge is 0.281 e. The number of amides is 1. The predicted molar refractivity (Wildman–Crippen MR) is 112 cm³/mol. The highest BCUT2D eigenvalue weighted by atomic mass is 32.2. The molecule has 2 N–H and O–H groups in total. The van der Waals surface area contributed by atoms with Crippen LogP contribution in [0, 0.1) is 0 Å². The first kappa shape index (κ1) is 21.2. The van der Waals surface area contributed by atoms with E-state index in [1.165, 1.54) is 15.6 Å². The number of nitrogens with one attached hydrogen (secondary N) is 1. The zero-order valence-corrected chi connectivity index (χ0v) is 17.9. The summed E-state index contributed by atoms with van der Waals surface area (Å²) in [5, 5.41) is 12.7. The maximum atomic E-state index is 12.8. The topological polar surface area (TPSA) is 90.0 Å². The average Bonchev–Trinajstić information content (AvgIpc) is 3.05. The second-order valence-corrected chi connectivity index (χ2v) is 10.3. The third-order valence-corrected chi connectivity index (χ3v) is 8.28. The molecule has 154 valence electrons. The van der Waals surface area contributed by atoms with E-state index in [4.69, 9.17) is 5.11 Å². The number of thiophene rings is 1. The number of carbonyl (C=O) groups is 1. The van der Waals surface area contributed by atoms with Crippen molar-refractivity contribution in [3.8, 4) is 0 Å². The van der Waals surface area contributed by atoms with Gasteiger partial charge in [-0.2, -0.15) is 17.0 Å². The lowest BCUT2D eigenvalue weighted by Gasteiger charge is -2.36. The molecule has 2 aromatic rings. The van der Waals surface area contributed by atoms with Crippen LogP contribution in [0.25, 0.3) is 10.1 Å². The van der Waals surface area contributed by atoms with E-state index < -0.39 is 10.2 Å². The molecule has 0 bridgehead atoms. The van der Waals surface area contributed by atoms with Gasteiger partial charge in [0.05, 0.1) is 11.5 Å². The summed E-state index contributed by atoms with van der Waals surface area (Å²) in [6.07, 6.45) is 3.09. The summed E-state index contributed by atoms with van der Waals surface area (Å²) in [5.74, 6) is -0.219. The lowest BCUT2D eigenvalue weighted by atomic mass is 9.96. The summed E-state index contributed by atoms with van der Waals surface area (Å²) in [7, 11) is -0.416. The van der Waals surface area contributed by atoms with E-state index in [1.807, 2.05) is 24.3 Å². The Bertz CT molecular complexity index is 940. The number of hydrogen-bond donors (Lipinski definition) is 2. The van der Waals surface area contributed by atoms with E-state index >= 15 is 0 Å². The van der Waals surface area contributed by atoms with Gasteiger partial charge in [-0.05, 0) is 36.3 Å². The first-order valence-corrected chi connectivity index (χ1v) is 11.7. The Morgan fingerprint density at radius 3 is 2.79 bits per heavy atom. The second-order valence-electron chi connectivity index (χ2n) is 7.14. The van der Waals surface area contributed by atoms with Crippen molar-refractivity contribution >= 4 is 37.5 Å². The Kier molecular flexibility index (Phi) is 6.72. The highest BCUT2D eigenvalue weighted by Gasteiger charge is 2.35. The number of rotatable bonds is 7. The number of aliphatic hydroxyl groups excluding tert-OH is 1.